The Morgan fingerprint density at radius 2 is 2.17 bits per heavy atom. The van der Waals surface area contributed by atoms with Gasteiger partial charge in [-0.25, -0.2) is 0 Å². The third kappa shape index (κ3) is 1.59. The molecule has 0 unspecified atom stereocenters. The highest BCUT2D eigenvalue weighted by atomic mass is 16.3. The van der Waals surface area contributed by atoms with Crippen LogP contribution >= 0.6 is 0 Å². The van der Waals surface area contributed by atoms with E-state index >= 15 is 0 Å². The molecular weight excluding hydrogens is 226 g/mol. The van der Waals surface area contributed by atoms with E-state index < -0.39 is 0 Å². The number of carbonyl (C=O) groups is 1. The largest absolute Gasteiger partial charge is 0.462 e. The number of hydrogen-bond acceptors (Lipinski definition) is 3. The van der Waals surface area contributed by atoms with Gasteiger partial charge in [-0.2, -0.15) is 0 Å². The van der Waals surface area contributed by atoms with Gasteiger partial charge in [0, 0.05) is 29.4 Å². The zero-order valence-electron chi connectivity index (χ0n) is 10.3. The molecule has 1 atom stereocenters. The van der Waals surface area contributed by atoms with E-state index in [1.165, 1.54) is 0 Å². The molecule has 3 heteroatoms. The fourth-order valence-corrected chi connectivity index (χ4v) is 2.35. The Balaban J connectivity index is 2.06. The lowest BCUT2D eigenvalue weighted by atomic mass is 10.0. The Morgan fingerprint density at radius 3 is 2.83 bits per heavy atom. The number of furan rings is 1. The Labute approximate surface area is 105 Å². The monoisotopic (exact) mass is 239 g/mol. The molecule has 1 aliphatic carbocycles. The number of pyridine rings is 1. The van der Waals surface area contributed by atoms with Gasteiger partial charge < -0.3 is 4.42 Å². The lowest BCUT2D eigenvalue weighted by Crippen LogP contribution is -1.96. The van der Waals surface area contributed by atoms with Crippen molar-refractivity contribution in [3.8, 4) is 0 Å². The number of nitrogens with zero attached hydrogens (tertiary/aromatic N) is 1. The average molecular weight is 239 g/mol. The van der Waals surface area contributed by atoms with Crippen molar-refractivity contribution in [1.82, 2.24) is 4.98 Å². The summed E-state index contributed by atoms with van der Waals surface area (Å²) < 4.78 is 5.50. The summed E-state index contributed by atoms with van der Waals surface area (Å²) in [6.07, 6.45) is 5.26. The van der Waals surface area contributed by atoms with Crippen LogP contribution in [-0.4, -0.2) is 10.8 Å². The number of Topliss-reactive ketones (excluding diaryl/α,β-unsaturated/α-hetero) is 1. The summed E-state index contributed by atoms with van der Waals surface area (Å²) in [6.45, 7) is 3.91. The molecule has 0 fully saturated rings. The normalized spacial score (nSPS) is 20.4. The molecule has 0 N–H and O–H groups in total. The van der Waals surface area contributed by atoms with Crippen LogP contribution in [0.3, 0.4) is 0 Å². The van der Waals surface area contributed by atoms with Crippen LogP contribution in [-0.2, 0) is 0 Å². The Hall–Kier alpha value is -2.16. The summed E-state index contributed by atoms with van der Waals surface area (Å²) in [4.78, 5) is 16.4. The van der Waals surface area contributed by atoms with Gasteiger partial charge in [0.05, 0.1) is 0 Å². The number of aromatic nitrogens is 1. The summed E-state index contributed by atoms with van der Waals surface area (Å²) in [6, 6.07) is 5.55. The van der Waals surface area contributed by atoms with E-state index in [-0.39, 0.29) is 11.7 Å². The molecule has 2 aromatic heterocycles. The third-order valence-electron chi connectivity index (χ3n) is 3.35. The van der Waals surface area contributed by atoms with Crippen molar-refractivity contribution in [3.05, 3.63) is 58.8 Å². The van der Waals surface area contributed by atoms with E-state index in [0.717, 1.165) is 28.2 Å². The van der Waals surface area contributed by atoms with E-state index in [9.17, 15) is 4.79 Å². The van der Waals surface area contributed by atoms with Gasteiger partial charge >= 0.3 is 0 Å². The smallest absolute Gasteiger partial charge is 0.190 e. The van der Waals surface area contributed by atoms with Crippen LogP contribution in [0.15, 0.2) is 40.6 Å². The molecule has 18 heavy (non-hydrogen) atoms. The predicted octanol–water partition coefficient (Wildman–Crippen LogP) is 3.37. The molecule has 0 saturated heterocycles. The van der Waals surface area contributed by atoms with Crippen LogP contribution in [0.1, 0.15) is 40.3 Å². The van der Waals surface area contributed by atoms with Crippen LogP contribution in [0, 0.1) is 6.92 Å². The standard InChI is InChI=1S/C15H13NO2/c1-9-3-4-11(18-9)7-13-10(2)14-8-16-6-5-12(14)15(13)17/h3-8,10H,1-2H3/b13-7+/t10-/m0/s1. The van der Waals surface area contributed by atoms with Crippen molar-refractivity contribution in [2.24, 2.45) is 0 Å². The second-order valence-corrected chi connectivity index (χ2v) is 4.56. The molecule has 0 aromatic carbocycles. The van der Waals surface area contributed by atoms with E-state index in [2.05, 4.69) is 4.98 Å². The van der Waals surface area contributed by atoms with Crippen molar-refractivity contribution in [2.45, 2.75) is 19.8 Å². The second-order valence-electron chi connectivity index (χ2n) is 4.56. The van der Waals surface area contributed by atoms with E-state index in [0.29, 0.717) is 0 Å². The molecule has 0 bridgehead atoms. The number of fused-ring (bicyclic) bond motifs is 1. The molecule has 0 amide bonds. The zero-order valence-corrected chi connectivity index (χ0v) is 10.3. The number of aryl methyl sites for hydroxylation is 1. The number of allylic oxidation sites excluding steroid dienone is 1. The molecule has 3 rings (SSSR count). The molecule has 90 valence electrons. The lowest BCUT2D eigenvalue weighted by Gasteiger charge is -2.03. The maximum absolute atomic E-state index is 12.3. The van der Waals surface area contributed by atoms with Crippen molar-refractivity contribution < 1.29 is 9.21 Å². The minimum absolute atomic E-state index is 0.0756. The first-order valence-corrected chi connectivity index (χ1v) is 5.93. The number of rotatable bonds is 1. The molecular formula is C15H13NO2. The van der Waals surface area contributed by atoms with Crippen LogP contribution in [0.25, 0.3) is 6.08 Å². The minimum atomic E-state index is 0.0756. The van der Waals surface area contributed by atoms with E-state index in [1.54, 1.807) is 18.5 Å². The lowest BCUT2D eigenvalue weighted by molar-refractivity contribution is 0.103. The fraction of sp³-hybridized carbons (Fsp3) is 0.200. The van der Waals surface area contributed by atoms with Gasteiger partial charge in [-0.05, 0) is 36.8 Å². The highest BCUT2D eigenvalue weighted by molar-refractivity contribution is 6.16. The average Bonchev–Trinajstić information content (AvgIpc) is 2.88. The second kappa shape index (κ2) is 3.95. The van der Waals surface area contributed by atoms with Crippen LogP contribution in [0.5, 0.6) is 0 Å². The van der Waals surface area contributed by atoms with Crippen molar-refractivity contribution >= 4 is 11.9 Å². The Bertz CT molecular complexity index is 652. The van der Waals surface area contributed by atoms with Gasteiger partial charge in [-0.1, -0.05) is 6.92 Å². The van der Waals surface area contributed by atoms with Crippen molar-refractivity contribution in [2.75, 3.05) is 0 Å². The minimum Gasteiger partial charge on any atom is -0.462 e. The summed E-state index contributed by atoms with van der Waals surface area (Å²) in [5.41, 5.74) is 2.52. The summed E-state index contributed by atoms with van der Waals surface area (Å²) in [5.74, 6) is 1.73. The quantitative estimate of drug-likeness (QED) is 0.716. The highest BCUT2D eigenvalue weighted by Gasteiger charge is 2.31. The SMILES string of the molecule is Cc1ccc(/C=C2/C(=O)c3ccncc3[C@H]2C)o1. The first-order chi connectivity index (χ1) is 8.66. The summed E-state index contributed by atoms with van der Waals surface area (Å²) in [5, 5.41) is 0. The van der Waals surface area contributed by atoms with Crippen LogP contribution < -0.4 is 0 Å². The zero-order chi connectivity index (χ0) is 12.7. The summed E-state index contributed by atoms with van der Waals surface area (Å²) in [7, 11) is 0. The van der Waals surface area contributed by atoms with Crippen LogP contribution in [0.2, 0.25) is 0 Å². The third-order valence-corrected chi connectivity index (χ3v) is 3.35. The fourth-order valence-electron chi connectivity index (χ4n) is 2.35. The van der Waals surface area contributed by atoms with E-state index in [1.807, 2.05) is 32.1 Å². The van der Waals surface area contributed by atoms with Gasteiger partial charge in [-0.3, -0.25) is 9.78 Å². The highest BCUT2D eigenvalue weighted by Crippen LogP contribution is 2.37. The topological polar surface area (TPSA) is 43.1 Å². The van der Waals surface area contributed by atoms with Gasteiger partial charge in [0.1, 0.15) is 11.5 Å². The van der Waals surface area contributed by atoms with Gasteiger partial charge in [-0.15, -0.1) is 0 Å². The maximum atomic E-state index is 12.3. The van der Waals surface area contributed by atoms with Gasteiger partial charge in [0.15, 0.2) is 5.78 Å². The first kappa shape index (κ1) is 11.0. The molecule has 3 nitrogen and oxygen atoms in total. The predicted molar refractivity (Wildman–Crippen MR) is 68.4 cm³/mol. The van der Waals surface area contributed by atoms with Gasteiger partial charge in [0.2, 0.25) is 0 Å². The molecule has 0 radical (unpaired) electrons. The first-order valence-electron chi connectivity index (χ1n) is 5.93. The number of ketones is 1. The molecule has 0 saturated carbocycles. The van der Waals surface area contributed by atoms with E-state index in [4.69, 9.17) is 4.42 Å². The van der Waals surface area contributed by atoms with Crippen LogP contribution in [0.4, 0.5) is 0 Å². The number of hydrogen-bond donors (Lipinski definition) is 0. The van der Waals surface area contributed by atoms with Gasteiger partial charge in [0.25, 0.3) is 0 Å². The molecule has 0 aliphatic heterocycles. The molecule has 1 aliphatic rings. The maximum Gasteiger partial charge on any atom is 0.190 e. The molecule has 2 aromatic rings. The Morgan fingerprint density at radius 1 is 1.33 bits per heavy atom. The van der Waals surface area contributed by atoms with Crippen molar-refractivity contribution in [3.63, 3.8) is 0 Å². The summed E-state index contributed by atoms with van der Waals surface area (Å²) >= 11 is 0. The molecule has 2 heterocycles. The number of carbonyl (C=O) groups excluding carboxylic acids is 1. The Kier molecular flexibility index (Phi) is 2.40. The molecule has 0 spiro atoms. The van der Waals surface area contributed by atoms with Crippen molar-refractivity contribution in [1.29, 1.82) is 0 Å².